The second-order valence-electron chi connectivity index (χ2n) is 5.68. The van der Waals surface area contributed by atoms with E-state index in [1.54, 1.807) is 0 Å². The number of carbonyl (C=O) groups is 5. The molecule has 11 nitrogen and oxygen atoms in total. The summed E-state index contributed by atoms with van der Waals surface area (Å²) in [4.78, 5) is 58.4. The van der Waals surface area contributed by atoms with Gasteiger partial charge in [0.15, 0.2) is 0 Å². The van der Waals surface area contributed by atoms with E-state index in [-0.39, 0.29) is 30.1 Å². The molecule has 8 N–H and O–H groups in total. The summed E-state index contributed by atoms with van der Waals surface area (Å²) in [5.41, 5.74) is 10.5. The smallest absolute Gasteiger partial charge is 0.326 e. The van der Waals surface area contributed by atoms with Gasteiger partial charge in [-0.1, -0.05) is 0 Å². The minimum Gasteiger partial charge on any atom is -0.480 e. The number of rotatable bonds is 13. The molecule has 0 fully saturated rings. The summed E-state index contributed by atoms with van der Waals surface area (Å²) >= 11 is 11.8. The minimum absolute atomic E-state index is 0.0658. The first kappa shape index (κ1) is 26.4. The summed E-state index contributed by atoms with van der Waals surface area (Å²) in [6, 6.07) is -4.57. The van der Waals surface area contributed by atoms with Gasteiger partial charge in [0, 0.05) is 23.7 Å². The Hall–Kier alpha value is -1.64. The molecule has 0 aliphatic heterocycles. The van der Waals surface area contributed by atoms with E-state index in [4.69, 9.17) is 16.6 Å². The highest BCUT2D eigenvalue weighted by molar-refractivity contribution is 7.80. The quantitative estimate of drug-likeness (QED) is 0.131. The number of carboxylic acids is 1. The predicted molar refractivity (Wildman–Crippen MR) is 111 cm³/mol. The summed E-state index contributed by atoms with van der Waals surface area (Å²) < 4.78 is 0. The van der Waals surface area contributed by atoms with Crippen molar-refractivity contribution in [2.75, 3.05) is 17.3 Å². The molecule has 0 aromatic heterocycles. The maximum Gasteiger partial charge on any atom is 0.326 e. The minimum atomic E-state index is -1.37. The SMILES string of the molecule is NC(=O)CCC(NC(=O)C(CS)NC(=O)C(CS)NC(=O)C(N)CS)C(=O)O. The standard InChI is InChI=1S/C14H25N5O6S3/c15-6(3-26)11(21)18-8(4-27)13(23)19-9(5-28)12(22)17-7(14(24)25)1-2-10(16)20/h6-9,26-28H,1-5,15H2,(H2,16,20)(H,17,22)(H,18,21)(H,19,23)(H,24,25). The fourth-order valence-corrected chi connectivity index (χ4v) is 2.52. The van der Waals surface area contributed by atoms with Gasteiger partial charge in [0.2, 0.25) is 23.6 Å². The van der Waals surface area contributed by atoms with Crippen LogP contribution in [0.5, 0.6) is 0 Å². The van der Waals surface area contributed by atoms with E-state index in [0.29, 0.717) is 0 Å². The van der Waals surface area contributed by atoms with Crippen molar-refractivity contribution in [3.63, 3.8) is 0 Å². The molecule has 14 heteroatoms. The number of amides is 4. The maximum atomic E-state index is 12.3. The van der Waals surface area contributed by atoms with E-state index in [2.05, 4.69) is 53.8 Å². The van der Waals surface area contributed by atoms with Crippen LogP contribution in [0.1, 0.15) is 12.8 Å². The number of nitrogens with two attached hydrogens (primary N) is 2. The summed E-state index contributed by atoms with van der Waals surface area (Å²) in [7, 11) is 0. The lowest BCUT2D eigenvalue weighted by molar-refractivity contribution is -0.142. The Balaban J connectivity index is 4.96. The molecule has 0 spiro atoms. The van der Waals surface area contributed by atoms with Crippen molar-refractivity contribution in [1.82, 2.24) is 16.0 Å². The van der Waals surface area contributed by atoms with Gasteiger partial charge in [0.05, 0.1) is 6.04 Å². The van der Waals surface area contributed by atoms with Gasteiger partial charge in [-0.15, -0.1) is 0 Å². The third-order valence-electron chi connectivity index (χ3n) is 3.46. The molecule has 0 rings (SSSR count). The van der Waals surface area contributed by atoms with Crippen LogP contribution < -0.4 is 27.4 Å². The third-order valence-corrected chi connectivity index (χ3v) is 4.58. The molecule has 4 unspecified atom stereocenters. The summed E-state index contributed by atoms with van der Waals surface area (Å²) in [5.74, 6) is -4.41. The summed E-state index contributed by atoms with van der Waals surface area (Å²) in [5, 5.41) is 16.1. The Bertz CT molecular complexity index is 594. The number of carboxylic acid groups (broad SMARTS) is 1. The van der Waals surface area contributed by atoms with Gasteiger partial charge < -0.3 is 32.5 Å². The van der Waals surface area contributed by atoms with Crippen molar-refractivity contribution in [2.45, 2.75) is 37.0 Å². The van der Waals surface area contributed by atoms with Gasteiger partial charge in [0.1, 0.15) is 18.1 Å². The van der Waals surface area contributed by atoms with E-state index >= 15 is 0 Å². The number of hydrogen-bond acceptors (Lipinski definition) is 9. The molecule has 0 aromatic carbocycles. The fourth-order valence-electron chi connectivity index (χ4n) is 1.84. The van der Waals surface area contributed by atoms with E-state index < -0.39 is 53.8 Å². The van der Waals surface area contributed by atoms with E-state index in [1.165, 1.54) is 0 Å². The zero-order valence-electron chi connectivity index (χ0n) is 14.8. The van der Waals surface area contributed by atoms with Crippen molar-refractivity contribution < 1.29 is 29.1 Å². The topological polar surface area (TPSA) is 194 Å². The summed E-state index contributed by atoms with van der Waals surface area (Å²) in [6.07, 6.45) is -0.450. The van der Waals surface area contributed by atoms with Crippen molar-refractivity contribution >= 4 is 67.5 Å². The van der Waals surface area contributed by atoms with Crippen LogP contribution in [0.25, 0.3) is 0 Å². The Labute approximate surface area is 178 Å². The Kier molecular flexibility index (Phi) is 12.7. The van der Waals surface area contributed by atoms with Crippen LogP contribution in [0.4, 0.5) is 0 Å². The second kappa shape index (κ2) is 13.5. The van der Waals surface area contributed by atoms with Crippen molar-refractivity contribution in [3.8, 4) is 0 Å². The number of hydrogen-bond donors (Lipinski definition) is 9. The first-order valence-electron chi connectivity index (χ1n) is 8.07. The molecule has 0 radical (unpaired) electrons. The number of thiol groups is 3. The highest BCUT2D eigenvalue weighted by Gasteiger charge is 2.29. The average Bonchev–Trinajstić information content (AvgIpc) is 2.65. The fraction of sp³-hybridized carbons (Fsp3) is 0.643. The number of carbonyl (C=O) groups excluding carboxylic acids is 4. The van der Waals surface area contributed by atoms with Gasteiger partial charge >= 0.3 is 5.97 Å². The Morgan fingerprint density at radius 2 is 1.21 bits per heavy atom. The van der Waals surface area contributed by atoms with Crippen LogP contribution in [0, 0.1) is 0 Å². The van der Waals surface area contributed by atoms with Crippen LogP contribution in [0.2, 0.25) is 0 Å². The molecule has 4 amide bonds. The highest BCUT2D eigenvalue weighted by atomic mass is 32.1. The predicted octanol–water partition coefficient (Wildman–Crippen LogP) is -3.09. The lowest BCUT2D eigenvalue weighted by Gasteiger charge is -2.23. The molecule has 0 heterocycles. The van der Waals surface area contributed by atoms with Gasteiger partial charge in [-0.3, -0.25) is 19.2 Å². The molecule has 0 aliphatic carbocycles. The van der Waals surface area contributed by atoms with Crippen LogP contribution in [0.15, 0.2) is 0 Å². The van der Waals surface area contributed by atoms with Crippen molar-refractivity contribution in [3.05, 3.63) is 0 Å². The third kappa shape index (κ3) is 9.52. The molecular formula is C14H25N5O6S3. The molecule has 4 atom stereocenters. The average molecular weight is 456 g/mol. The zero-order valence-corrected chi connectivity index (χ0v) is 17.5. The zero-order chi connectivity index (χ0) is 21.9. The molecule has 28 heavy (non-hydrogen) atoms. The molecule has 160 valence electrons. The number of aliphatic carboxylic acids is 1. The van der Waals surface area contributed by atoms with Crippen LogP contribution in [0.3, 0.4) is 0 Å². The lowest BCUT2D eigenvalue weighted by Crippen LogP contribution is -2.58. The molecular weight excluding hydrogens is 430 g/mol. The number of primary amides is 1. The molecule has 0 aliphatic rings. The van der Waals surface area contributed by atoms with Crippen LogP contribution in [-0.4, -0.2) is 76.1 Å². The Morgan fingerprint density at radius 3 is 1.57 bits per heavy atom. The van der Waals surface area contributed by atoms with E-state index in [1.807, 2.05) is 0 Å². The molecule has 0 saturated heterocycles. The number of nitrogens with one attached hydrogen (secondary N) is 3. The highest BCUT2D eigenvalue weighted by Crippen LogP contribution is 2.01. The van der Waals surface area contributed by atoms with Gasteiger partial charge in [-0.2, -0.15) is 37.9 Å². The first-order valence-corrected chi connectivity index (χ1v) is 9.97. The molecule has 0 aromatic rings. The van der Waals surface area contributed by atoms with Gasteiger partial charge in [-0.05, 0) is 6.42 Å². The van der Waals surface area contributed by atoms with Gasteiger partial charge in [-0.25, -0.2) is 4.79 Å². The monoisotopic (exact) mass is 455 g/mol. The first-order chi connectivity index (χ1) is 13.1. The van der Waals surface area contributed by atoms with Crippen molar-refractivity contribution in [1.29, 1.82) is 0 Å². The second-order valence-corrected chi connectivity index (χ2v) is 6.78. The van der Waals surface area contributed by atoms with Crippen LogP contribution in [-0.2, 0) is 24.0 Å². The molecule has 0 saturated carbocycles. The van der Waals surface area contributed by atoms with Crippen LogP contribution >= 0.6 is 37.9 Å². The largest absolute Gasteiger partial charge is 0.480 e. The molecule has 0 bridgehead atoms. The van der Waals surface area contributed by atoms with E-state index in [0.717, 1.165) is 0 Å². The maximum absolute atomic E-state index is 12.3. The van der Waals surface area contributed by atoms with E-state index in [9.17, 15) is 24.0 Å². The lowest BCUT2D eigenvalue weighted by atomic mass is 10.1. The summed E-state index contributed by atoms with van der Waals surface area (Å²) in [6.45, 7) is 0. The Morgan fingerprint density at radius 1 is 0.786 bits per heavy atom. The normalized spacial score (nSPS) is 14.9. The van der Waals surface area contributed by atoms with Gasteiger partial charge in [0.25, 0.3) is 0 Å². The van der Waals surface area contributed by atoms with Crippen molar-refractivity contribution in [2.24, 2.45) is 11.5 Å².